The summed E-state index contributed by atoms with van der Waals surface area (Å²) < 4.78 is 0. The van der Waals surface area contributed by atoms with E-state index in [9.17, 15) is 4.79 Å². The molecule has 0 bridgehead atoms. The molecule has 0 aromatic heterocycles. The minimum absolute atomic E-state index is 0.147. The summed E-state index contributed by atoms with van der Waals surface area (Å²) in [5.74, 6) is 0.928. The van der Waals surface area contributed by atoms with Crippen molar-refractivity contribution >= 4 is 46.6 Å². The smallest absolute Gasteiger partial charge is 0.238 e. The molecule has 1 unspecified atom stereocenters. The molecule has 0 heterocycles. The SMILES string of the molecule is CSCCC(C)NCC(=O)Nc1c(Cl)cccc1Cl. The second-order valence-electron chi connectivity index (χ2n) is 4.21. The van der Waals surface area contributed by atoms with Gasteiger partial charge in [0.2, 0.25) is 5.91 Å². The number of carbonyl (C=O) groups is 1. The van der Waals surface area contributed by atoms with E-state index in [2.05, 4.69) is 23.8 Å². The standard InChI is InChI=1S/C13H18Cl2N2OS/c1-9(6-7-19-2)16-8-12(18)17-13-10(14)4-3-5-11(13)15/h3-5,9,16H,6-8H2,1-2H3,(H,17,18). The van der Waals surface area contributed by atoms with Crippen molar-refractivity contribution in [3.8, 4) is 0 Å². The van der Waals surface area contributed by atoms with Gasteiger partial charge in [-0.1, -0.05) is 29.3 Å². The first-order valence-corrected chi connectivity index (χ1v) is 8.15. The lowest BCUT2D eigenvalue weighted by Gasteiger charge is -2.14. The minimum atomic E-state index is -0.147. The van der Waals surface area contributed by atoms with Gasteiger partial charge in [-0.25, -0.2) is 0 Å². The van der Waals surface area contributed by atoms with Crippen molar-refractivity contribution in [2.24, 2.45) is 0 Å². The van der Waals surface area contributed by atoms with Crippen molar-refractivity contribution in [1.29, 1.82) is 0 Å². The van der Waals surface area contributed by atoms with Gasteiger partial charge < -0.3 is 10.6 Å². The average molecular weight is 321 g/mol. The summed E-state index contributed by atoms with van der Waals surface area (Å²) in [5, 5.41) is 6.77. The van der Waals surface area contributed by atoms with Gasteiger partial charge in [0.15, 0.2) is 0 Å². The van der Waals surface area contributed by atoms with Crippen molar-refractivity contribution in [3.63, 3.8) is 0 Å². The minimum Gasteiger partial charge on any atom is -0.322 e. The number of halogens is 2. The predicted molar refractivity (Wildman–Crippen MR) is 85.6 cm³/mol. The van der Waals surface area contributed by atoms with Crippen LogP contribution in [0.5, 0.6) is 0 Å². The van der Waals surface area contributed by atoms with Gasteiger partial charge in [-0.2, -0.15) is 11.8 Å². The first-order valence-electron chi connectivity index (χ1n) is 6.00. The van der Waals surface area contributed by atoms with Gasteiger partial charge in [-0.15, -0.1) is 0 Å². The lowest BCUT2D eigenvalue weighted by Crippen LogP contribution is -2.34. The molecular formula is C13H18Cl2N2OS. The highest BCUT2D eigenvalue weighted by Crippen LogP contribution is 2.29. The number of hydrogen-bond donors (Lipinski definition) is 2. The molecule has 2 N–H and O–H groups in total. The molecule has 3 nitrogen and oxygen atoms in total. The molecule has 0 spiro atoms. The molecule has 1 atom stereocenters. The summed E-state index contributed by atoms with van der Waals surface area (Å²) >= 11 is 13.8. The zero-order valence-corrected chi connectivity index (χ0v) is 13.3. The van der Waals surface area contributed by atoms with E-state index >= 15 is 0 Å². The van der Waals surface area contributed by atoms with Gasteiger partial charge in [-0.05, 0) is 37.5 Å². The summed E-state index contributed by atoms with van der Waals surface area (Å²) in [7, 11) is 0. The Morgan fingerprint density at radius 3 is 2.58 bits per heavy atom. The third kappa shape index (κ3) is 6.04. The van der Waals surface area contributed by atoms with Crippen LogP contribution < -0.4 is 10.6 Å². The molecule has 0 aliphatic heterocycles. The van der Waals surface area contributed by atoms with E-state index in [0.717, 1.165) is 12.2 Å². The van der Waals surface area contributed by atoms with Crippen LogP contribution in [-0.2, 0) is 4.79 Å². The molecular weight excluding hydrogens is 303 g/mol. The second kappa shape index (κ2) is 8.69. The fourth-order valence-electron chi connectivity index (χ4n) is 1.46. The fraction of sp³-hybridized carbons (Fsp3) is 0.462. The third-order valence-corrected chi connectivity index (χ3v) is 3.87. The maximum atomic E-state index is 11.8. The number of benzene rings is 1. The molecule has 1 aromatic carbocycles. The van der Waals surface area contributed by atoms with E-state index in [0.29, 0.717) is 21.8 Å². The Morgan fingerprint density at radius 1 is 1.37 bits per heavy atom. The first-order chi connectivity index (χ1) is 9.04. The molecule has 106 valence electrons. The highest BCUT2D eigenvalue weighted by Gasteiger charge is 2.10. The molecule has 0 aliphatic carbocycles. The molecule has 0 saturated heterocycles. The summed E-state index contributed by atoms with van der Waals surface area (Å²) in [4.78, 5) is 11.8. The molecule has 0 fully saturated rings. The lowest BCUT2D eigenvalue weighted by molar-refractivity contribution is -0.115. The monoisotopic (exact) mass is 320 g/mol. The van der Waals surface area contributed by atoms with Crippen LogP contribution in [0.25, 0.3) is 0 Å². The van der Waals surface area contributed by atoms with E-state index < -0.39 is 0 Å². The van der Waals surface area contributed by atoms with Crippen LogP contribution in [0.2, 0.25) is 10.0 Å². The Balaban J connectivity index is 2.43. The Labute approximate surface area is 128 Å². The van der Waals surface area contributed by atoms with Crippen LogP contribution in [0.4, 0.5) is 5.69 Å². The van der Waals surface area contributed by atoms with Crippen molar-refractivity contribution < 1.29 is 4.79 Å². The normalized spacial score (nSPS) is 12.2. The topological polar surface area (TPSA) is 41.1 Å². The zero-order valence-electron chi connectivity index (χ0n) is 11.0. The maximum Gasteiger partial charge on any atom is 0.238 e. The van der Waals surface area contributed by atoms with Gasteiger partial charge in [-0.3, -0.25) is 4.79 Å². The maximum absolute atomic E-state index is 11.8. The summed E-state index contributed by atoms with van der Waals surface area (Å²) in [6.45, 7) is 2.31. The molecule has 1 aromatic rings. The molecule has 1 amide bonds. The second-order valence-corrected chi connectivity index (χ2v) is 6.01. The van der Waals surface area contributed by atoms with E-state index in [1.54, 1.807) is 30.0 Å². The number of anilines is 1. The van der Waals surface area contributed by atoms with E-state index in [1.807, 2.05) is 0 Å². The zero-order chi connectivity index (χ0) is 14.3. The Morgan fingerprint density at radius 2 is 2.00 bits per heavy atom. The van der Waals surface area contributed by atoms with Crippen LogP contribution in [-0.4, -0.2) is 30.5 Å². The molecule has 0 saturated carbocycles. The van der Waals surface area contributed by atoms with E-state index in [4.69, 9.17) is 23.2 Å². The van der Waals surface area contributed by atoms with Crippen molar-refractivity contribution in [2.75, 3.05) is 23.9 Å². The number of hydrogen-bond acceptors (Lipinski definition) is 3. The van der Waals surface area contributed by atoms with Gasteiger partial charge in [0, 0.05) is 6.04 Å². The first kappa shape index (κ1) is 16.6. The average Bonchev–Trinajstić information content (AvgIpc) is 2.38. The Kier molecular flexibility index (Phi) is 7.61. The van der Waals surface area contributed by atoms with Crippen LogP contribution in [0.15, 0.2) is 18.2 Å². The molecule has 6 heteroatoms. The number of amides is 1. The van der Waals surface area contributed by atoms with Crippen molar-refractivity contribution in [1.82, 2.24) is 5.32 Å². The van der Waals surface area contributed by atoms with Gasteiger partial charge in [0.1, 0.15) is 0 Å². The van der Waals surface area contributed by atoms with Gasteiger partial charge in [0.25, 0.3) is 0 Å². The van der Waals surface area contributed by atoms with E-state index in [1.165, 1.54) is 0 Å². The third-order valence-electron chi connectivity index (χ3n) is 2.59. The van der Waals surface area contributed by atoms with E-state index in [-0.39, 0.29) is 12.5 Å². The van der Waals surface area contributed by atoms with Crippen molar-refractivity contribution in [3.05, 3.63) is 28.2 Å². The predicted octanol–water partition coefficient (Wildman–Crippen LogP) is 3.66. The largest absolute Gasteiger partial charge is 0.322 e. The van der Waals surface area contributed by atoms with Crippen LogP contribution in [0, 0.1) is 0 Å². The number of rotatable bonds is 7. The number of carbonyl (C=O) groups excluding carboxylic acids is 1. The van der Waals surface area contributed by atoms with Gasteiger partial charge >= 0.3 is 0 Å². The lowest BCUT2D eigenvalue weighted by atomic mass is 10.2. The summed E-state index contributed by atoms with van der Waals surface area (Å²) in [6.07, 6.45) is 3.10. The quantitative estimate of drug-likeness (QED) is 0.805. The number of thioether (sulfide) groups is 1. The Bertz CT molecular complexity index is 409. The van der Waals surface area contributed by atoms with Crippen LogP contribution >= 0.6 is 35.0 Å². The highest BCUT2D eigenvalue weighted by molar-refractivity contribution is 7.98. The van der Waals surface area contributed by atoms with Crippen LogP contribution in [0.3, 0.4) is 0 Å². The summed E-state index contributed by atoms with van der Waals surface area (Å²) in [6, 6.07) is 5.43. The molecule has 0 radical (unpaired) electrons. The van der Waals surface area contributed by atoms with Crippen molar-refractivity contribution in [2.45, 2.75) is 19.4 Å². The van der Waals surface area contributed by atoms with Gasteiger partial charge in [0.05, 0.1) is 22.3 Å². The van der Waals surface area contributed by atoms with Crippen LogP contribution in [0.1, 0.15) is 13.3 Å². The summed E-state index contributed by atoms with van der Waals surface area (Å²) in [5.41, 5.74) is 0.467. The number of para-hydroxylation sites is 1. The molecule has 0 aliphatic rings. The number of nitrogens with one attached hydrogen (secondary N) is 2. The highest BCUT2D eigenvalue weighted by atomic mass is 35.5. The molecule has 1 rings (SSSR count). The molecule has 19 heavy (non-hydrogen) atoms. The Hall–Kier alpha value is -0.420. The fourth-order valence-corrected chi connectivity index (χ4v) is 2.55.